The fraction of sp³-hybridized carbons (Fsp3) is 0.304. The molecule has 0 spiro atoms. The first-order valence-electron chi connectivity index (χ1n) is 9.51. The van der Waals surface area contributed by atoms with Gasteiger partial charge in [-0.05, 0) is 36.1 Å². The van der Waals surface area contributed by atoms with Crippen LogP contribution in [0.3, 0.4) is 0 Å². The molecule has 1 aromatic heterocycles. The lowest BCUT2D eigenvalue weighted by molar-refractivity contribution is -0.136. The maximum absolute atomic E-state index is 13.4. The average Bonchev–Trinajstić information content (AvgIpc) is 3.26. The Morgan fingerprint density at radius 2 is 2.00 bits per heavy atom. The van der Waals surface area contributed by atoms with Gasteiger partial charge in [0.05, 0.1) is 25.7 Å². The van der Waals surface area contributed by atoms with Gasteiger partial charge in [0.25, 0.3) is 0 Å². The van der Waals surface area contributed by atoms with Crippen LogP contribution in [0.25, 0.3) is 0 Å². The van der Waals surface area contributed by atoms with E-state index in [1.807, 2.05) is 48.7 Å². The van der Waals surface area contributed by atoms with Crippen LogP contribution in [0, 0.1) is 5.92 Å². The van der Waals surface area contributed by atoms with Gasteiger partial charge in [-0.1, -0.05) is 24.3 Å². The van der Waals surface area contributed by atoms with Crippen molar-refractivity contribution in [2.75, 3.05) is 14.2 Å². The standard InChI is InChI=1S/C23H23NO4S/c1-13-20(23(26)28-3)22(19-8-5-9-29-19)21-17(24-13)11-15(12-18(21)25)14-6-4-7-16(10-14)27-2/h4-11,15,21-22,24H,12H2,1-3H3. The van der Waals surface area contributed by atoms with Crippen LogP contribution < -0.4 is 10.1 Å². The number of hydrogen-bond donors (Lipinski definition) is 1. The summed E-state index contributed by atoms with van der Waals surface area (Å²) in [4.78, 5) is 26.9. The Morgan fingerprint density at radius 1 is 1.17 bits per heavy atom. The zero-order valence-electron chi connectivity index (χ0n) is 16.6. The van der Waals surface area contributed by atoms with Crippen LogP contribution in [0.1, 0.15) is 35.6 Å². The van der Waals surface area contributed by atoms with Gasteiger partial charge in [-0.2, -0.15) is 0 Å². The second kappa shape index (κ2) is 7.87. The Labute approximate surface area is 174 Å². The smallest absolute Gasteiger partial charge is 0.336 e. The van der Waals surface area contributed by atoms with E-state index in [9.17, 15) is 9.59 Å². The molecule has 2 heterocycles. The highest BCUT2D eigenvalue weighted by Gasteiger charge is 2.45. The molecule has 5 nitrogen and oxygen atoms in total. The molecule has 150 valence electrons. The molecule has 2 aliphatic rings. The van der Waals surface area contributed by atoms with Gasteiger partial charge in [0, 0.05) is 34.5 Å². The van der Waals surface area contributed by atoms with Crippen molar-refractivity contribution in [2.45, 2.75) is 25.2 Å². The van der Waals surface area contributed by atoms with E-state index in [0.29, 0.717) is 12.0 Å². The SMILES string of the molecule is COC(=O)C1=C(C)NC2=CC(c3cccc(OC)c3)CC(=O)C2C1c1cccs1. The van der Waals surface area contributed by atoms with E-state index in [-0.39, 0.29) is 17.6 Å². The summed E-state index contributed by atoms with van der Waals surface area (Å²) in [6.45, 7) is 1.86. The summed E-state index contributed by atoms with van der Waals surface area (Å²) in [5.41, 5.74) is 3.17. The molecule has 0 saturated carbocycles. The normalized spacial score (nSPS) is 23.8. The number of fused-ring (bicyclic) bond motifs is 1. The summed E-state index contributed by atoms with van der Waals surface area (Å²) in [6, 6.07) is 11.7. The van der Waals surface area contributed by atoms with Gasteiger partial charge < -0.3 is 14.8 Å². The van der Waals surface area contributed by atoms with Gasteiger partial charge in [0.1, 0.15) is 11.5 Å². The lowest BCUT2D eigenvalue weighted by Gasteiger charge is -2.38. The number of benzene rings is 1. The minimum absolute atomic E-state index is 0.0344. The highest BCUT2D eigenvalue weighted by molar-refractivity contribution is 7.10. The summed E-state index contributed by atoms with van der Waals surface area (Å²) >= 11 is 1.56. The fourth-order valence-electron chi connectivity index (χ4n) is 4.32. The Balaban J connectivity index is 1.80. The third kappa shape index (κ3) is 3.49. The topological polar surface area (TPSA) is 64.6 Å². The van der Waals surface area contributed by atoms with Crippen LogP contribution in [0.4, 0.5) is 0 Å². The molecule has 1 aromatic carbocycles. The van der Waals surface area contributed by atoms with Gasteiger partial charge in [-0.3, -0.25) is 4.79 Å². The van der Waals surface area contributed by atoms with Gasteiger partial charge in [-0.15, -0.1) is 11.3 Å². The second-order valence-corrected chi connectivity index (χ2v) is 8.28. The largest absolute Gasteiger partial charge is 0.497 e. The lowest BCUT2D eigenvalue weighted by atomic mass is 9.70. The molecule has 29 heavy (non-hydrogen) atoms. The highest BCUT2D eigenvalue weighted by Crippen LogP contribution is 2.47. The number of nitrogens with one attached hydrogen (secondary N) is 1. The van der Waals surface area contributed by atoms with Crippen molar-refractivity contribution in [2.24, 2.45) is 5.92 Å². The van der Waals surface area contributed by atoms with Crippen LogP contribution in [0.2, 0.25) is 0 Å². The first-order chi connectivity index (χ1) is 14.0. The van der Waals surface area contributed by atoms with Crippen LogP contribution in [-0.4, -0.2) is 26.0 Å². The van der Waals surface area contributed by atoms with Crippen LogP contribution in [0.15, 0.2) is 64.8 Å². The summed E-state index contributed by atoms with van der Waals surface area (Å²) < 4.78 is 10.4. The number of methoxy groups -OCH3 is 2. The van der Waals surface area contributed by atoms with Crippen molar-refractivity contribution < 1.29 is 19.1 Å². The molecule has 3 atom stereocenters. The van der Waals surface area contributed by atoms with Crippen molar-refractivity contribution in [3.8, 4) is 5.75 Å². The van der Waals surface area contributed by atoms with Crippen molar-refractivity contribution in [1.29, 1.82) is 0 Å². The van der Waals surface area contributed by atoms with Gasteiger partial charge in [-0.25, -0.2) is 4.79 Å². The molecule has 0 bridgehead atoms. The molecule has 3 unspecified atom stereocenters. The molecule has 2 aromatic rings. The van der Waals surface area contributed by atoms with E-state index < -0.39 is 11.9 Å². The number of rotatable bonds is 4. The van der Waals surface area contributed by atoms with Crippen LogP contribution >= 0.6 is 11.3 Å². The Hall–Kier alpha value is -2.86. The molecular weight excluding hydrogens is 386 g/mol. The number of allylic oxidation sites excluding steroid dienone is 3. The molecule has 0 radical (unpaired) electrons. The number of hydrogen-bond acceptors (Lipinski definition) is 6. The van der Waals surface area contributed by atoms with Gasteiger partial charge in [0.15, 0.2) is 0 Å². The predicted octanol–water partition coefficient (Wildman–Crippen LogP) is 4.15. The van der Waals surface area contributed by atoms with E-state index in [2.05, 4.69) is 11.4 Å². The highest BCUT2D eigenvalue weighted by atomic mass is 32.1. The molecule has 0 fully saturated rings. The van der Waals surface area contributed by atoms with E-state index in [0.717, 1.165) is 27.6 Å². The summed E-state index contributed by atoms with van der Waals surface area (Å²) in [7, 11) is 3.01. The molecule has 1 N–H and O–H groups in total. The molecular formula is C23H23NO4S. The first kappa shape index (κ1) is 19.5. The van der Waals surface area contributed by atoms with E-state index in [4.69, 9.17) is 9.47 Å². The van der Waals surface area contributed by atoms with E-state index >= 15 is 0 Å². The summed E-state index contributed by atoms with van der Waals surface area (Å²) in [5, 5.41) is 5.30. The number of carbonyl (C=O) groups is 2. The maximum Gasteiger partial charge on any atom is 0.336 e. The second-order valence-electron chi connectivity index (χ2n) is 7.30. The predicted molar refractivity (Wildman–Crippen MR) is 112 cm³/mol. The van der Waals surface area contributed by atoms with Gasteiger partial charge in [0.2, 0.25) is 0 Å². The Bertz CT molecular complexity index is 1010. The third-order valence-electron chi connectivity index (χ3n) is 5.64. The first-order valence-corrected chi connectivity index (χ1v) is 10.4. The Kier molecular flexibility index (Phi) is 5.28. The van der Waals surface area contributed by atoms with E-state index in [1.54, 1.807) is 18.4 Å². The number of esters is 1. The third-order valence-corrected chi connectivity index (χ3v) is 6.60. The van der Waals surface area contributed by atoms with E-state index in [1.165, 1.54) is 7.11 Å². The molecule has 6 heteroatoms. The quantitative estimate of drug-likeness (QED) is 0.769. The summed E-state index contributed by atoms with van der Waals surface area (Å²) in [6.07, 6.45) is 2.51. The minimum Gasteiger partial charge on any atom is -0.497 e. The van der Waals surface area contributed by atoms with Crippen molar-refractivity contribution >= 4 is 23.1 Å². The molecule has 1 aliphatic heterocycles. The summed E-state index contributed by atoms with van der Waals surface area (Å²) in [5.74, 6) is -0.271. The number of thiophene rings is 1. The number of carbonyl (C=O) groups excluding carboxylic acids is 2. The number of ketones is 1. The molecule has 0 saturated heterocycles. The van der Waals surface area contributed by atoms with Crippen molar-refractivity contribution in [1.82, 2.24) is 5.32 Å². The van der Waals surface area contributed by atoms with Crippen LogP contribution in [0.5, 0.6) is 5.75 Å². The molecule has 4 rings (SSSR count). The van der Waals surface area contributed by atoms with Crippen LogP contribution in [-0.2, 0) is 14.3 Å². The fourth-order valence-corrected chi connectivity index (χ4v) is 5.19. The minimum atomic E-state index is -0.409. The molecule has 1 aliphatic carbocycles. The molecule has 0 amide bonds. The van der Waals surface area contributed by atoms with Crippen molar-refractivity contribution in [3.63, 3.8) is 0 Å². The zero-order chi connectivity index (χ0) is 20.5. The average molecular weight is 410 g/mol. The lowest BCUT2D eigenvalue weighted by Crippen LogP contribution is -2.41. The Morgan fingerprint density at radius 3 is 2.69 bits per heavy atom. The van der Waals surface area contributed by atoms with Crippen molar-refractivity contribution in [3.05, 3.63) is 75.3 Å². The number of Topliss-reactive ketones (excluding diaryl/α,β-unsaturated/α-hetero) is 1. The number of ether oxygens (including phenoxy) is 2. The van der Waals surface area contributed by atoms with Gasteiger partial charge >= 0.3 is 5.97 Å². The maximum atomic E-state index is 13.4. The zero-order valence-corrected chi connectivity index (χ0v) is 17.4. The monoisotopic (exact) mass is 409 g/mol.